The number of hydrogen-bond acceptors (Lipinski definition) is 8. The first-order chi connectivity index (χ1) is 25.1. The van der Waals surface area contributed by atoms with E-state index in [0.29, 0.717) is 57.3 Å². The first-order valence-electron chi connectivity index (χ1n) is 19.5. The number of ether oxygens (including phenoxy) is 1. The predicted molar refractivity (Wildman–Crippen MR) is 203 cm³/mol. The molecule has 12 heteroatoms. The van der Waals surface area contributed by atoms with Crippen LogP contribution in [0.3, 0.4) is 0 Å². The van der Waals surface area contributed by atoms with Gasteiger partial charge < -0.3 is 30.7 Å². The largest absolute Gasteiger partial charge is 0.391 e. The van der Waals surface area contributed by atoms with Gasteiger partial charge in [0.25, 0.3) is 0 Å². The van der Waals surface area contributed by atoms with E-state index < -0.39 is 35.9 Å². The van der Waals surface area contributed by atoms with Gasteiger partial charge in [0.05, 0.1) is 42.5 Å². The predicted octanol–water partition coefficient (Wildman–Crippen LogP) is 4.67. The summed E-state index contributed by atoms with van der Waals surface area (Å²) in [6, 6.07) is 8.01. The highest BCUT2D eigenvalue weighted by Crippen LogP contribution is 2.30. The number of amides is 4. The van der Waals surface area contributed by atoms with Gasteiger partial charge in [-0.05, 0) is 43.1 Å². The van der Waals surface area contributed by atoms with Crippen molar-refractivity contribution in [1.82, 2.24) is 25.8 Å². The Morgan fingerprint density at radius 1 is 0.981 bits per heavy atom. The van der Waals surface area contributed by atoms with Crippen LogP contribution in [0.5, 0.6) is 0 Å². The molecule has 52 heavy (non-hydrogen) atoms. The molecule has 11 nitrogen and oxygen atoms in total. The van der Waals surface area contributed by atoms with Crippen molar-refractivity contribution >= 4 is 35.0 Å². The van der Waals surface area contributed by atoms with Gasteiger partial charge in [0, 0.05) is 43.8 Å². The number of aliphatic hydroxyl groups excluding tert-OH is 1. The van der Waals surface area contributed by atoms with E-state index in [-0.39, 0.29) is 42.9 Å². The third kappa shape index (κ3) is 13.6. The summed E-state index contributed by atoms with van der Waals surface area (Å²) in [5.74, 6) is -1.75. The van der Waals surface area contributed by atoms with Gasteiger partial charge in [-0.1, -0.05) is 89.6 Å². The Labute approximate surface area is 314 Å². The molecule has 2 aliphatic rings. The standard InChI is InChI=1S/C40H61N5O6S/c1-4-5-16-41-39(49)33(28(2)3)25-36(46)34(22-30-14-10-7-11-15-30)43-40(50)35(24-32-26-52-27-42-32)44-38(48)31(21-29-12-8-6-9-13-29)23-37(47)45-17-19-51-20-18-45/h6,8-9,12-13,26-28,30-31,33-36,46H,4-5,7,10-11,14-25H2,1-3H3,(H,41,49)(H,43,50)(H,44,48)/t31-,33+,34+,35+,36+/m1/s1. The number of aliphatic hydroxyl groups is 1. The minimum atomic E-state index is -0.981. The molecule has 5 atom stereocenters. The number of unbranched alkanes of at least 4 members (excludes halogenated alkanes) is 1. The smallest absolute Gasteiger partial charge is 0.243 e. The highest BCUT2D eigenvalue weighted by Gasteiger charge is 2.35. The molecule has 1 aromatic heterocycles. The number of carbonyl (C=O) groups is 4. The maximum Gasteiger partial charge on any atom is 0.243 e. The lowest BCUT2D eigenvalue weighted by Gasteiger charge is -2.33. The molecule has 288 valence electrons. The molecule has 4 N–H and O–H groups in total. The second-order valence-corrected chi connectivity index (χ2v) is 15.7. The zero-order chi connectivity index (χ0) is 37.3. The molecular formula is C40H61N5O6S. The van der Waals surface area contributed by atoms with Gasteiger partial charge in [0.15, 0.2) is 0 Å². The van der Waals surface area contributed by atoms with Crippen LogP contribution < -0.4 is 16.0 Å². The zero-order valence-corrected chi connectivity index (χ0v) is 32.2. The molecule has 0 unspecified atom stereocenters. The fourth-order valence-corrected chi connectivity index (χ4v) is 7.93. The zero-order valence-electron chi connectivity index (χ0n) is 31.4. The molecule has 1 saturated carbocycles. The lowest BCUT2D eigenvalue weighted by Crippen LogP contribution is -2.55. The molecule has 1 aromatic carbocycles. The quantitative estimate of drug-likeness (QED) is 0.144. The Balaban J connectivity index is 1.54. The Morgan fingerprint density at radius 2 is 1.71 bits per heavy atom. The summed E-state index contributed by atoms with van der Waals surface area (Å²) in [6.45, 7) is 8.54. The second kappa shape index (κ2) is 22.0. The van der Waals surface area contributed by atoms with E-state index in [2.05, 4.69) is 27.9 Å². The van der Waals surface area contributed by atoms with Crippen LogP contribution in [-0.4, -0.2) is 89.7 Å². The number of thiazole rings is 1. The molecule has 1 aliphatic carbocycles. The first-order valence-corrected chi connectivity index (χ1v) is 20.4. The first kappa shape index (κ1) is 41.4. The lowest BCUT2D eigenvalue weighted by atomic mass is 9.81. The Morgan fingerprint density at radius 3 is 2.37 bits per heavy atom. The molecule has 0 radical (unpaired) electrons. The van der Waals surface area contributed by atoms with Crippen LogP contribution in [0.25, 0.3) is 0 Å². The maximum atomic E-state index is 14.3. The molecule has 1 aliphatic heterocycles. The van der Waals surface area contributed by atoms with Gasteiger partial charge in [-0.3, -0.25) is 19.2 Å². The normalized spacial score (nSPS) is 18.2. The van der Waals surface area contributed by atoms with Crippen molar-refractivity contribution in [2.45, 2.75) is 116 Å². The summed E-state index contributed by atoms with van der Waals surface area (Å²) in [7, 11) is 0. The number of benzene rings is 1. The number of carbonyl (C=O) groups excluding carboxylic acids is 4. The van der Waals surface area contributed by atoms with Gasteiger partial charge in [-0.2, -0.15) is 0 Å². The van der Waals surface area contributed by atoms with E-state index >= 15 is 0 Å². The summed E-state index contributed by atoms with van der Waals surface area (Å²) < 4.78 is 5.43. The summed E-state index contributed by atoms with van der Waals surface area (Å²) in [4.78, 5) is 61.2. The SMILES string of the molecule is CCCCNC(=O)[C@@H](C[C@H](O)[C@H](CC1CCCCC1)NC(=O)[C@H](Cc1cscn1)NC(=O)[C@@H](CC(=O)N1CCOCC1)Cc1ccccc1)C(C)C. The lowest BCUT2D eigenvalue weighted by molar-refractivity contribution is -0.140. The van der Waals surface area contributed by atoms with Crippen molar-refractivity contribution in [3.63, 3.8) is 0 Å². The fourth-order valence-electron chi connectivity index (χ4n) is 7.36. The average molecular weight is 740 g/mol. The summed E-state index contributed by atoms with van der Waals surface area (Å²) in [5.41, 5.74) is 3.29. The van der Waals surface area contributed by atoms with Gasteiger partial charge >= 0.3 is 0 Å². The molecule has 0 spiro atoms. The van der Waals surface area contributed by atoms with Crippen molar-refractivity contribution < 1.29 is 29.0 Å². The molecule has 4 rings (SSSR count). The molecule has 2 aromatic rings. The number of nitrogens with one attached hydrogen (secondary N) is 3. The monoisotopic (exact) mass is 739 g/mol. The molecular weight excluding hydrogens is 679 g/mol. The van der Waals surface area contributed by atoms with Crippen LogP contribution in [0.4, 0.5) is 0 Å². The number of morpholine rings is 1. The molecule has 1 saturated heterocycles. The van der Waals surface area contributed by atoms with Crippen LogP contribution in [0.2, 0.25) is 0 Å². The average Bonchev–Trinajstić information content (AvgIpc) is 3.67. The van der Waals surface area contributed by atoms with E-state index in [1.165, 1.54) is 17.8 Å². The van der Waals surface area contributed by atoms with Crippen molar-refractivity contribution in [3.05, 3.63) is 52.5 Å². The number of hydrogen-bond donors (Lipinski definition) is 4. The highest BCUT2D eigenvalue weighted by atomic mass is 32.1. The van der Waals surface area contributed by atoms with E-state index in [1.54, 1.807) is 10.4 Å². The minimum Gasteiger partial charge on any atom is -0.391 e. The number of aromatic nitrogens is 1. The van der Waals surface area contributed by atoms with E-state index in [0.717, 1.165) is 44.1 Å². The van der Waals surface area contributed by atoms with Crippen LogP contribution >= 0.6 is 11.3 Å². The number of nitrogens with zero attached hydrogens (tertiary/aromatic N) is 2. The van der Waals surface area contributed by atoms with Crippen LogP contribution in [0.15, 0.2) is 41.2 Å². The third-order valence-corrected chi connectivity index (χ3v) is 11.2. The Kier molecular flexibility index (Phi) is 17.5. The Bertz CT molecular complexity index is 1360. The second-order valence-electron chi connectivity index (χ2n) is 15.0. The minimum absolute atomic E-state index is 0.000677. The van der Waals surface area contributed by atoms with E-state index in [9.17, 15) is 24.3 Å². The van der Waals surface area contributed by atoms with Gasteiger partial charge in [-0.25, -0.2) is 4.98 Å². The van der Waals surface area contributed by atoms with E-state index in [4.69, 9.17) is 4.74 Å². The number of rotatable bonds is 20. The molecule has 4 amide bonds. The van der Waals surface area contributed by atoms with Crippen molar-refractivity contribution in [2.75, 3.05) is 32.8 Å². The maximum absolute atomic E-state index is 14.3. The van der Waals surface area contributed by atoms with Crippen LogP contribution in [0, 0.1) is 23.7 Å². The van der Waals surface area contributed by atoms with Crippen molar-refractivity contribution in [1.29, 1.82) is 0 Å². The van der Waals surface area contributed by atoms with Crippen LogP contribution in [0.1, 0.15) is 96.2 Å². The Hall–Kier alpha value is -3.35. The van der Waals surface area contributed by atoms with Crippen LogP contribution in [-0.2, 0) is 36.8 Å². The highest BCUT2D eigenvalue weighted by molar-refractivity contribution is 7.07. The fraction of sp³-hybridized carbons (Fsp3) is 0.675. The summed E-state index contributed by atoms with van der Waals surface area (Å²) in [5, 5.41) is 22.8. The van der Waals surface area contributed by atoms with Gasteiger partial charge in [0.1, 0.15) is 6.04 Å². The molecule has 0 bridgehead atoms. The summed E-state index contributed by atoms with van der Waals surface area (Å²) in [6.07, 6.45) is 7.70. The molecule has 2 heterocycles. The summed E-state index contributed by atoms with van der Waals surface area (Å²) >= 11 is 1.41. The topological polar surface area (TPSA) is 150 Å². The van der Waals surface area contributed by atoms with E-state index in [1.807, 2.05) is 49.6 Å². The third-order valence-electron chi connectivity index (χ3n) is 10.6. The van der Waals surface area contributed by atoms with Gasteiger partial charge in [-0.15, -0.1) is 11.3 Å². The van der Waals surface area contributed by atoms with Gasteiger partial charge in [0.2, 0.25) is 23.6 Å². The molecule has 2 fully saturated rings. The van der Waals surface area contributed by atoms with Crippen molar-refractivity contribution in [2.24, 2.45) is 23.7 Å². The van der Waals surface area contributed by atoms with Crippen molar-refractivity contribution in [3.8, 4) is 0 Å².